The Morgan fingerprint density at radius 2 is 1.60 bits per heavy atom. The van der Waals surface area contributed by atoms with Gasteiger partial charge in [-0.15, -0.1) is 0 Å². The molecule has 43 heavy (non-hydrogen) atoms. The number of hydrogen-bond acceptors (Lipinski definition) is 4. The second kappa shape index (κ2) is 14.8. The third-order valence-corrected chi connectivity index (χ3v) is 8.70. The molecule has 2 amide bonds. The van der Waals surface area contributed by atoms with Crippen LogP contribution in [0.15, 0.2) is 96.0 Å². The molecule has 2 aliphatic rings. The summed E-state index contributed by atoms with van der Waals surface area (Å²) in [5.74, 6) is 0.990. The minimum atomic E-state index is -0.351. The normalized spacial score (nSPS) is 22.2. The first-order valence-electron chi connectivity index (χ1n) is 15.5. The number of carbonyl (C=O) groups excluding carboxylic acids is 2. The van der Waals surface area contributed by atoms with Crippen LogP contribution in [0.5, 0.6) is 0 Å². The zero-order chi connectivity index (χ0) is 30.0. The Hall–Kier alpha value is -4.17. The van der Waals surface area contributed by atoms with Crippen molar-refractivity contribution in [2.45, 2.75) is 49.6 Å². The fourth-order valence-electron chi connectivity index (χ4n) is 6.13. The number of guanidine groups is 1. The van der Waals surface area contributed by atoms with Crippen LogP contribution in [0.4, 0.5) is 0 Å². The molecular weight excluding hydrogens is 536 g/mol. The third-order valence-electron chi connectivity index (χ3n) is 8.70. The lowest BCUT2D eigenvalue weighted by molar-refractivity contribution is -0.133. The molecule has 8 heteroatoms. The number of nitrogens with two attached hydrogens (primary N) is 1. The van der Waals surface area contributed by atoms with E-state index < -0.39 is 0 Å². The van der Waals surface area contributed by atoms with E-state index in [1.165, 1.54) is 16.7 Å². The molecule has 5 rings (SSSR count). The third kappa shape index (κ3) is 8.23. The summed E-state index contributed by atoms with van der Waals surface area (Å²) < 4.78 is 0. The Bertz CT molecular complexity index is 1310. The van der Waals surface area contributed by atoms with Crippen molar-refractivity contribution in [2.75, 3.05) is 33.2 Å². The van der Waals surface area contributed by atoms with Crippen molar-refractivity contribution in [2.24, 2.45) is 16.6 Å². The number of carbonyl (C=O) groups is 2. The summed E-state index contributed by atoms with van der Waals surface area (Å²) in [6.07, 6.45) is 3.07. The summed E-state index contributed by atoms with van der Waals surface area (Å²) in [7, 11) is 1.65. The van der Waals surface area contributed by atoms with Gasteiger partial charge in [-0.2, -0.15) is 0 Å². The first-order chi connectivity index (χ1) is 21.0. The van der Waals surface area contributed by atoms with Gasteiger partial charge in [0, 0.05) is 51.1 Å². The van der Waals surface area contributed by atoms with Crippen LogP contribution < -0.4 is 21.7 Å². The number of benzene rings is 3. The second-order valence-corrected chi connectivity index (χ2v) is 11.6. The number of nitrogens with zero attached hydrogens (tertiary/aromatic N) is 2. The average Bonchev–Trinajstić information content (AvgIpc) is 3.88. The van der Waals surface area contributed by atoms with Crippen molar-refractivity contribution in [3.63, 3.8) is 0 Å². The molecule has 8 nitrogen and oxygen atoms in total. The monoisotopic (exact) mass is 580 g/mol. The van der Waals surface area contributed by atoms with Gasteiger partial charge in [-0.3, -0.25) is 14.6 Å². The van der Waals surface area contributed by atoms with Crippen LogP contribution in [0, 0.1) is 5.92 Å². The highest BCUT2D eigenvalue weighted by Crippen LogP contribution is 2.47. The highest BCUT2D eigenvalue weighted by Gasteiger charge is 2.44. The van der Waals surface area contributed by atoms with Gasteiger partial charge in [-0.05, 0) is 48.3 Å². The summed E-state index contributed by atoms with van der Waals surface area (Å²) in [5.41, 5.74) is 9.41. The second-order valence-electron chi connectivity index (χ2n) is 11.6. The van der Waals surface area contributed by atoms with E-state index in [1.54, 1.807) is 7.05 Å². The molecule has 4 unspecified atom stereocenters. The van der Waals surface area contributed by atoms with Crippen LogP contribution in [0.1, 0.15) is 54.2 Å². The van der Waals surface area contributed by atoms with Crippen molar-refractivity contribution < 1.29 is 9.59 Å². The van der Waals surface area contributed by atoms with Crippen molar-refractivity contribution in [1.29, 1.82) is 0 Å². The maximum atomic E-state index is 14.0. The fraction of sp³-hybridized carbons (Fsp3) is 0.400. The van der Waals surface area contributed by atoms with E-state index in [0.29, 0.717) is 44.5 Å². The minimum absolute atomic E-state index is 0.000964. The molecule has 0 radical (unpaired) electrons. The number of amides is 2. The lowest BCUT2D eigenvalue weighted by Gasteiger charge is -2.29. The number of aliphatic imine (C=N–C) groups is 1. The molecule has 0 bridgehead atoms. The smallest absolute Gasteiger partial charge is 0.239 e. The van der Waals surface area contributed by atoms with Crippen LogP contribution >= 0.6 is 0 Å². The highest BCUT2D eigenvalue weighted by molar-refractivity contribution is 5.83. The number of rotatable bonds is 12. The summed E-state index contributed by atoms with van der Waals surface area (Å²) in [6.45, 7) is 2.36. The zero-order valence-corrected chi connectivity index (χ0v) is 25.0. The Balaban J connectivity index is 1.26. The molecule has 5 N–H and O–H groups in total. The number of hydrogen-bond donors (Lipinski definition) is 4. The SMILES string of the molecule is CN=C(N)NCCCC1NC(CNC(=O)C2CC2c2ccccc2)CCN(CC(c2ccccc2)c2ccccc2)C1=O. The molecule has 0 aromatic heterocycles. The molecule has 0 spiro atoms. The fourth-order valence-corrected chi connectivity index (χ4v) is 6.13. The molecule has 2 fully saturated rings. The largest absolute Gasteiger partial charge is 0.370 e. The van der Waals surface area contributed by atoms with Gasteiger partial charge in [0.25, 0.3) is 0 Å². The Morgan fingerprint density at radius 1 is 0.977 bits per heavy atom. The standard InChI is InChI=1S/C35H44N6O2/c1-37-35(36)38-20-11-18-32-34(43)41(24-31(26-14-7-3-8-15-26)27-16-9-4-10-17-27)21-19-28(40-32)23-39-33(42)30-22-29(30)25-12-5-2-6-13-25/h2-10,12-17,28-32,40H,11,18-24H2,1H3,(H,39,42)(H3,36,37,38). The van der Waals surface area contributed by atoms with Crippen LogP contribution in [-0.4, -0.2) is 68.0 Å². The van der Waals surface area contributed by atoms with Crippen molar-refractivity contribution >= 4 is 17.8 Å². The van der Waals surface area contributed by atoms with Gasteiger partial charge in [-0.25, -0.2) is 0 Å². The van der Waals surface area contributed by atoms with Crippen molar-refractivity contribution in [1.82, 2.24) is 20.9 Å². The summed E-state index contributed by atoms with van der Waals surface area (Å²) in [5, 5.41) is 9.91. The van der Waals surface area contributed by atoms with Gasteiger partial charge in [0.1, 0.15) is 0 Å². The van der Waals surface area contributed by atoms with E-state index in [2.05, 4.69) is 81.6 Å². The molecule has 3 aromatic carbocycles. The van der Waals surface area contributed by atoms with E-state index in [4.69, 9.17) is 5.73 Å². The maximum absolute atomic E-state index is 14.0. The Labute approximate surface area is 255 Å². The summed E-state index contributed by atoms with van der Waals surface area (Å²) in [4.78, 5) is 33.1. The van der Waals surface area contributed by atoms with Gasteiger partial charge in [0.05, 0.1) is 6.04 Å². The maximum Gasteiger partial charge on any atom is 0.239 e. The quantitative estimate of drug-likeness (QED) is 0.149. The average molecular weight is 581 g/mol. The highest BCUT2D eigenvalue weighted by atomic mass is 16.2. The van der Waals surface area contributed by atoms with Gasteiger partial charge < -0.3 is 26.6 Å². The van der Waals surface area contributed by atoms with Gasteiger partial charge >= 0.3 is 0 Å². The number of nitrogens with one attached hydrogen (secondary N) is 3. The van der Waals surface area contributed by atoms with Gasteiger partial charge in [0.15, 0.2) is 5.96 Å². The first kappa shape index (κ1) is 30.3. The van der Waals surface area contributed by atoms with E-state index in [0.717, 1.165) is 19.3 Å². The summed E-state index contributed by atoms with van der Waals surface area (Å²) in [6, 6.07) is 30.7. The van der Waals surface area contributed by atoms with E-state index in [9.17, 15) is 9.59 Å². The predicted octanol–water partition coefficient (Wildman–Crippen LogP) is 3.61. The Morgan fingerprint density at radius 3 is 2.23 bits per heavy atom. The first-order valence-corrected chi connectivity index (χ1v) is 15.5. The predicted molar refractivity (Wildman–Crippen MR) is 172 cm³/mol. The van der Waals surface area contributed by atoms with E-state index in [1.807, 2.05) is 35.2 Å². The topological polar surface area (TPSA) is 112 Å². The van der Waals surface area contributed by atoms with Crippen LogP contribution in [0.3, 0.4) is 0 Å². The van der Waals surface area contributed by atoms with Crippen LogP contribution in [0.25, 0.3) is 0 Å². The molecule has 1 saturated heterocycles. The van der Waals surface area contributed by atoms with E-state index in [-0.39, 0.29) is 35.7 Å². The molecule has 3 aromatic rings. The van der Waals surface area contributed by atoms with Gasteiger partial charge in [-0.1, -0.05) is 91.0 Å². The molecule has 1 heterocycles. The lowest BCUT2D eigenvalue weighted by Crippen LogP contribution is -2.49. The van der Waals surface area contributed by atoms with Crippen molar-refractivity contribution in [3.05, 3.63) is 108 Å². The van der Waals surface area contributed by atoms with Crippen LogP contribution in [-0.2, 0) is 9.59 Å². The summed E-state index contributed by atoms with van der Waals surface area (Å²) >= 11 is 0. The molecule has 1 saturated carbocycles. The molecule has 226 valence electrons. The van der Waals surface area contributed by atoms with Gasteiger partial charge in [0.2, 0.25) is 11.8 Å². The molecule has 1 aliphatic carbocycles. The Kier molecular flexibility index (Phi) is 10.4. The molecular formula is C35H44N6O2. The lowest BCUT2D eigenvalue weighted by atomic mass is 9.90. The van der Waals surface area contributed by atoms with E-state index >= 15 is 0 Å². The minimum Gasteiger partial charge on any atom is -0.370 e. The van der Waals surface area contributed by atoms with Crippen LogP contribution in [0.2, 0.25) is 0 Å². The van der Waals surface area contributed by atoms with Crippen molar-refractivity contribution in [3.8, 4) is 0 Å². The molecule has 4 atom stereocenters. The zero-order valence-electron chi connectivity index (χ0n) is 25.0. The molecule has 1 aliphatic heterocycles.